The molecule has 1 aromatic rings. The predicted octanol–water partition coefficient (Wildman–Crippen LogP) is 2.39. The minimum Gasteiger partial charge on any atom is -0.354 e. The van der Waals surface area contributed by atoms with Crippen molar-refractivity contribution in [2.24, 2.45) is 11.3 Å². The van der Waals surface area contributed by atoms with Gasteiger partial charge in [-0.05, 0) is 77.1 Å². The van der Waals surface area contributed by atoms with Gasteiger partial charge >= 0.3 is 0 Å². The van der Waals surface area contributed by atoms with Crippen LogP contribution in [0.5, 0.6) is 0 Å². The number of likely N-dealkylation sites (tertiary alicyclic amines) is 2. The molecule has 0 radical (unpaired) electrons. The van der Waals surface area contributed by atoms with Crippen molar-refractivity contribution >= 4 is 11.8 Å². The Bertz CT molecular complexity index is 760. The molecule has 3 fully saturated rings. The first kappa shape index (κ1) is 22.3. The van der Waals surface area contributed by atoms with Gasteiger partial charge < -0.3 is 10.6 Å². The van der Waals surface area contributed by atoms with E-state index in [9.17, 15) is 9.59 Å². The van der Waals surface area contributed by atoms with Gasteiger partial charge in [-0.25, -0.2) is 0 Å². The van der Waals surface area contributed by atoms with Crippen LogP contribution in [0.4, 0.5) is 0 Å². The first-order valence-corrected chi connectivity index (χ1v) is 12.0. The summed E-state index contributed by atoms with van der Waals surface area (Å²) < 4.78 is 0. The summed E-state index contributed by atoms with van der Waals surface area (Å²) >= 11 is 0. The highest BCUT2D eigenvalue weighted by atomic mass is 16.2. The third-order valence-electron chi connectivity index (χ3n) is 7.62. The number of rotatable bonds is 7. The number of benzene rings is 1. The minimum atomic E-state index is -0.368. The van der Waals surface area contributed by atoms with Gasteiger partial charge in [0.1, 0.15) is 6.04 Å². The summed E-state index contributed by atoms with van der Waals surface area (Å²) in [7, 11) is 0. The zero-order chi connectivity index (χ0) is 21.8. The van der Waals surface area contributed by atoms with Gasteiger partial charge in [-0.1, -0.05) is 30.3 Å². The molecule has 0 aromatic heterocycles. The van der Waals surface area contributed by atoms with Gasteiger partial charge in [-0.3, -0.25) is 19.4 Å². The molecular weight excluding hydrogens is 388 g/mol. The summed E-state index contributed by atoms with van der Waals surface area (Å²) in [6, 6.07) is 10.7. The molecular formula is C25H38N4O2. The van der Waals surface area contributed by atoms with Crippen molar-refractivity contribution in [2.45, 2.75) is 64.6 Å². The zero-order valence-electron chi connectivity index (χ0n) is 19.1. The van der Waals surface area contributed by atoms with E-state index in [1.54, 1.807) is 0 Å². The first-order valence-electron chi connectivity index (χ1n) is 12.0. The van der Waals surface area contributed by atoms with Gasteiger partial charge in [-0.15, -0.1) is 0 Å². The van der Waals surface area contributed by atoms with E-state index in [0.29, 0.717) is 24.9 Å². The Morgan fingerprint density at radius 3 is 2.61 bits per heavy atom. The molecule has 170 valence electrons. The molecule has 3 aliphatic heterocycles. The lowest BCUT2D eigenvalue weighted by molar-refractivity contribution is -0.128. The molecule has 6 nitrogen and oxygen atoms in total. The Morgan fingerprint density at radius 2 is 1.94 bits per heavy atom. The second kappa shape index (κ2) is 9.70. The Hall–Kier alpha value is -1.92. The maximum Gasteiger partial charge on any atom is 0.242 e. The average molecular weight is 427 g/mol. The average Bonchev–Trinajstić information content (AvgIpc) is 3.34. The van der Waals surface area contributed by atoms with Crippen LogP contribution in [0.15, 0.2) is 30.3 Å². The standard InChI is InChI=1S/C25H38N4O2/c1-19(2)29-15-11-25(18-29)16-22(27-24(25)31)23(30)26-12-8-20-9-13-28(14-10-20)17-21-6-4-3-5-7-21/h3-7,19-20,22H,8-18H2,1-2H3,(H,26,30)(H,27,31)/t22-,25+/m0/s1. The molecule has 6 heteroatoms. The third-order valence-corrected chi connectivity index (χ3v) is 7.62. The topological polar surface area (TPSA) is 64.7 Å². The van der Waals surface area contributed by atoms with Gasteiger partial charge in [0.25, 0.3) is 0 Å². The van der Waals surface area contributed by atoms with Gasteiger partial charge in [0, 0.05) is 25.7 Å². The maximum atomic E-state index is 12.7. The number of carbonyl (C=O) groups is 2. The second-order valence-electron chi connectivity index (χ2n) is 10.1. The van der Waals surface area contributed by atoms with Crippen LogP contribution >= 0.6 is 0 Å². The van der Waals surface area contributed by atoms with Crippen molar-refractivity contribution in [1.82, 2.24) is 20.4 Å². The van der Waals surface area contributed by atoms with Crippen molar-refractivity contribution in [2.75, 3.05) is 32.7 Å². The van der Waals surface area contributed by atoms with E-state index >= 15 is 0 Å². The number of nitrogens with zero attached hydrogens (tertiary/aromatic N) is 2. The number of nitrogens with one attached hydrogen (secondary N) is 2. The van der Waals surface area contributed by atoms with Gasteiger partial charge in [0.15, 0.2) is 0 Å². The molecule has 0 unspecified atom stereocenters. The fourth-order valence-corrected chi connectivity index (χ4v) is 5.50. The van der Waals surface area contributed by atoms with Crippen molar-refractivity contribution in [3.63, 3.8) is 0 Å². The molecule has 1 spiro atoms. The minimum absolute atomic E-state index is 0.00487. The summed E-state index contributed by atoms with van der Waals surface area (Å²) in [5.41, 5.74) is 1.01. The van der Waals surface area contributed by atoms with E-state index in [1.807, 2.05) is 0 Å². The Morgan fingerprint density at radius 1 is 1.19 bits per heavy atom. The van der Waals surface area contributed by atoms with Gasteiger partial charge in [-0.2, -0.15) is 0 Å². The van der Waals surface area contributed by atoms with Crippen molar-refractivity contribution in [1.29, 1.82) is 0 Å². The van der Waals surface area contributed by atoms with Gasteiger partial charge in [0.2, 0.25) is 11.8 Å². The summed E-state index contributed by atoms with van der Waals surface area (Å²) in [6.45, 7) is 10.1. The SMILES string of the molecule is CC(C)N1CC[C@@]2(C[C@@H](C(=O)NCCC3CCN(Cc4ccccc4)CC3)NC2=O)C1. The molecule has 2 N–H and O–H groups in total. The lowest BCUT2D eigenvalue weighted by Crippen LogP contribution is -2.42. The number of carbonyl (C=O) groups excluding carboxylic acids is 2. The van der Waals surface area contributed by atoms with Crippen LogP contribution < -0.4 is 10.6 Å². The molecule has 3 saturated heterocycles. The lowest BCUT2D eigenvalue weighted by Gasteiger charge is -2.32. The number of amides is 2. The fraction of sp³-hybridized carbons (Fsp3) is 0.680. The molecule has 1 aromatic carbocycles. The van der Waals surface area contributed by atoms with Crippen LogP contribution in [-0.2, 0) is 16.1 Å². The molecule has 2 atom stereocenters. The largest absolute Gasteiger partial charge is 0.354 e. The normalized spacial score (nSPS) is 27.8. The van der Waals surface area contributed by atoms with E-state index in [1.165, 1.54) is 18.4 Å². The molecule has 4 rings (SSSR count). The summed E-state index contributed by atoms with van der Waals surface area (Å²) in [5.74, 6) is 0.739. The summed E-state index contributed by atoms with van der Waals surface area (Å²) in [6.07, 6.45) is 4.91. The van der Waals surface area contributed by atoms with E-state index < -0.39 is 0 Å². The molecule has 0 aliphatic carbocycles. The second-order valence-corrected chi connectivity index (χ2v) is 10.1. The van der Waals surface area contributed by atoms with Crippen molar-refractivity contribution < 1.29 is 9.59 Å². The molecule has 31 heavy (non-hydrogen) atoms. The first-order chi connectivity index (χ1) is 14.9. The van der Waals surface area contributed by atoms with E-state index in [0.717, 1.165) is 45.6 Å². The maximum absolute atomic E-state index is 12.7. The van der Waals surface area contributed by atoms with Crippen LogP contribution in [0.1, 0.15) is 51.5 Å². The van der Waals surface area contributed by atoms with Crippen LogP contribution in [0.3, 0.4) is 0 Å². The van der Waals surface area contributed by atoms with Crippen molar-refractivity contribution in [3.8, 4) is 0 Å². The van der Waals surface area contributed by atoms with Crippen molar-refractivity contribution in [3.05, 3.63) is 35.9 Å². The zero-order valence-corrected chi connectivity index (χ0v) is 19.1. The van der Waals surface area contributed by atoms with Crippen LogP contribution in [0, 0.1) is 11.3 Å². The quantitative estimate of drug-likeness (QED) is 0.703. The van der Waals surface area contributed by atoms with Crippen LogP contribution in [0.2, 0.25) is 0 Å². The monoisotopic (exact) mass is 426 g/mol. The Kier molecular flexibility index (Phi) is 6.97. The van der Waals surface area contributed by atoms with Crippen LogP contribution in [0.25, 0.3) is 0 Å². The molecule has 3 heterocycles. The molecule has 3 aliphatic rings. The summed E-state index contributed by atoms with van der Waals surface area (Å²) in [5, 5.41) is 6.08. The molecule has 0 saturated carbocycles. The van der Waals surface area contributed by atoms with Crippen LogP contribution in [-0.4, -0.2) is 66.4 Å². The predicted molar refractivity (Wildman–Crippen MR) is 122 cm³/mol. The Labute approximate surface area is 186 Å². The number of hydrogen-bond acceptors (Lipinski definition) is 4. The molecule has 0 bridgehead atoms. The van der Waals surface area contributed by atoms with E-state index in [2.05, 4.69) is 64.6 Å². The Balaban J connectivity index is 1.16. The smallest absolute Gasteiger partial charge is 0.242 e. The third kappa shape index (κ3) is 5.29. The van der Waals surface area contributed by atoms with E-state index in [-0.39, 0.29) is 23.3 Å². The highest BCUT2D eigenvalue weighted by Crippen LogP contribution is 2.40. The fourth-order valence-electron chi connectivity index (χ4n) is 5.50. The van der Waals surface area contributed by atoms with E-state index in [4.69, 9.17) is 0 Å². The number of hydrogen-bond donors (Lipinski definition) is 2. The lowest BCUT2D eigenvalue weighted by atomic mass is 9.84. The number of piperidine rings is 1. The summed E-state index contributed by atoms with van der Waals surface area (Å²) in [4.78, 5) is 30.2. The van der Waals surface area contributed by atoms with Gasteiger partial charge in [0.05, 0.1) is 5.41 Å². The molecule has 2 amide bonds. The highest BCUT2D eigenvalue weighted by Gasteiger charge is 2.52. The highest BCUT2D eigenvalue weighted by molar-refractivity contribution is 5.94.